The predicted octanol–water partition coefficient (Wildman–Crippen LogP) is 3.35. The fourth-order valence-corrected chi connectivity index (χ4v) is 2.59. The number of rotatable bonds is 3. The summed E-state index contributed by atoms with van der Waals surface area (Å²) in [6.07, 6.45) is 3.64. The van der Waals surface area contributed by atoms with E-state index in [1.807, 2.05) is 40.0 Å². The quantitative estimate of drug-likeness (QED) is 0.875. The number of hydrogen-bond acceptors (Lipinski definition) is 3. The van der Waals surface area contributed by atoms with Crippen molar-refractivity contribution >= 4 is 22.1 Å². The van der Waals surface area contributed by atoms with Gasteiger partial charge in [0.25, 0.3) is 0 Å². The van der Waals surface area contributed by atoms with Gasteiger partial charge in [-0.2, -0.15) is 0 Å². The molecule has 2 aromatic rings. The van der Waals surface area contributed by atoms with Gasteiger partial charge < -0.3 is 4.55 Å². The Labute approximate surface area is 117 Å². The molecule has 19 heavy (non-hydrogen) atoms. The average molecular weight is 276 g/mol. The summed E-state index contributed by atoms with van der Waals surface area (Å²) in [7, 11) is 0. The van der Waals surface area contributed by atoms with E-state index in [4.69, 9.17) is 0 Å². The van der Waals surface area contributed by atoms with E-state index in [9.17, 15) is 4.55 Å². The Morgan fingerprint density at radius 2 is 1.95 bits per heavy atom. The molecule has 1 aromatic heterocycles. The van der Waals surface area contributed by atoms with E-state index in [1.54, 1.807) is 6.20 Å². The van der Waals surface area contributed by atoms with Crippen LogP contribution in [0.25, 0.3) is 10.8 Å². The van der Waals surface area contributed by atoms with Crippen molar-refractivity contribution < 1.29 is 4.55 Å². The van der Waals surface area contributed by atoms with Crippen molar-refractivity contribution in [1.29, 1.82) is 0 Å². The van der Waals surface area contributed by atoms with Gasteiger partial charge >= 0.3 is 0 Å². The zero-order valence-corrected chi connectivity index (χ0v) is 12.6. The maximum Gasteiger partial charge on any atom is 0.136 e. The van der Waals surface area contributed by atoms with E-state index in [2.05, 4.69) is 27.9 Å². The topological polar surface area (TPSA) is 48.0 Å². The Balaban J connectivity index is 2.19. The average Bonchev–Trinajstić information content (AvgIpc) is 2.37. The fraction of sp³-hybridized carbons (Fsp3) is 0.400. The molecule has 0 saturated carbocycles. The summed E-state index contributed by atoms with van der Waals surface area (Å²) in [6.45, 7) is 7.94. The van der Waals surface area contributed by atoms with E-state index >= 15 is 0 Å². The molecule has 3 nitrogen and oxygen atoms in total. The molecule has 0 aliphatic heterocycles. The van der Waals surface area contributed by atoms with Gasteiger partial charge in [0.15, 0.2) is 0 Å². The minimum absolute atomic E-state index is 0.0534. The van der Waals surface area contributed by atoms with Crippen LogP contribution < -0.4 is 4.72 Å². The van der Waals surface area contributed by atoms with Gasteiger partial charge in [-0.1, -0.05) is 12.1 Å². The first kappa shape index (κ1) is 14.3. The largest absolute Gasteiger partial charge is 0.598 e. The first-order valence-electron chi connectivity index (χ1n) is 6.39. The Kier molecular flexibility index (Phi) is 4.13. The Morgan fingerprint density at radius 3 is 2.63 bits per heavy atom. The molecule has 0 spiro atoms. The molecule has 2 rings (SSSR count). The summed E-state index contributed by atoms with van der Waals surface area (Å²) in [5.74, 6) is 0. The van der Waals surface area contributed by atoms with Gasteiger partial charge in [-0.3, -0.25) is 4.98 Å². The number of pyridine rings is 1. The van der Waals surface area contributed by atoms with Gasteiger partial charge in [0.2, 0.25) is 0 Å². The van der Waals surface area contributed by atoms with Crippen molar-refractivity contribution in [3.8, 4) is 0 Å². The van der Waals surface area contributed by atoms with Crippen LogP contribution in [0.1, 0.15) is 39.3 Å². The third-order valence-electron chi connectivity index (χ3n) is 3.00. The summed E-state index contributed by atoms with van der Waals surface area (Å²) in [6, 6.07) is 8.27. The standard InChI is InChI=1S/C15H20N2OS/c1-11(17-19(18)15(2,3)4)12-5-6-14-10-16-8-7-13(14)9-12/h5-11,17H,1-4H3. The lowest BCUT2D eigenvalue weighted by Crippen LogP contribution is -2.40. The van der Waals surface area contributed by atoms with Gasteiger partial charge in [0, 0.05) is 29.1 Å². The monoisotopic (exact) mass is 276 g/mol. The van der Waals surface area contributed by atoms with E-state index < -0.39 is 11.4 Å². The zero-order valence-electron chi connectivity index (χ0n) is 11.8. The lowest BCUT2D eigenvalue weighted by atomic mass is 10.1. The maximum absolute atomic E-state index is 12.1. The van der Waals surface area contributed by atoms with Crippen LogP contribution >= 0.6 is 0 Å². The lowest BCUT2D eigenvalue weighted by molar-refractivity contribution is 0.531. The van der Waals surface area contributed by atoms with Gasteiger partial charge in [-0.05, 0) is 50.8 Å². The van der Waals surface area contributed by atoms with Crippen LogP contribution in [0.2, 0.25) is 0 Å². The highest BCUT2D eigenvalue weighted by atomic mass is 32.2. The van der Waals surface area contributed by atoms with Crippen LogP contribution in [0.5, 0.6) is 0 Å². The molecule has 1 N–H and O–H groups in total. The highest BCUT2D eigenvalue weighted by Gasteiger charge is 2.28. The highest BCUT2D eigenvalue weighted by molar-refractivity contribution is 7.90. The second-order valence-electron chi connectivity index (χ2n) is 5.70. The maximum atomic E-state index is 12.1. The van der Waals surface area contributed by atoms with Crippen LogP contribution in [0.3, 0.4) is 0 Å². The number of nitrogens with zero attached hydrogens (tertiary/aromatic N) is 1. The number of nitrogens with one attached hydrogen (secondary N) is 1. The van der Waals surface area contributed by atoms with Crippen LogP contribution in [0.15, 0.2) is 36.7 Å². The van der Waals surface area contributed by atoms with Gasteiger partial charge in [-0.15, -0.1) is 4.72 Å². The van der Waals surface area contributed by atoms with E-state index in [-0.39, 0.29) is 10.8 Å². The lowest BCUT2D eigenvalue weighted by Gasteiger charge is -2.26. The summed E-state index contributed by atoms with van der Waals surface area (Å²) >= 11 is -1.06. The normalized spacial score (nSPS) is 15.4. The minimum Gasteiger partial charge on any atom is -0.598 e. The van der Waals surface area contributed by atoms with Crippen molar-refractivity contribution in [3.05, 3.63) is 42.2 Å². The molecule has 1 heterocycles. The molecule has 0 bridgehead atoms. The van der Waals surface area contributed by atoms with Crippen LogP contribution in [-0.2, 0) is 11.4 Å². The highest BCUT2D eigenvalue weighted by Crippen LogP contribution is 2.22. The van der Waals surface area contributed by atoms with E-state index in [0.717, 1.165) is 16.3 Å². The van der Waals surface area contributed by atoms with Crippen molar-refractivity contribution in [3.63, 3.8) is 0 Å². The van der Waals surface area contributed by atoms with Crippen molar-refractivity contribution in [2.75, 3.05) is 0 Å². The smallest absolute Gasteiger partial charge is 0.136 e. The number of fused-ring (bicyclic) bond motifs is 1. The molecular formula is C15H20N2OS. The van der Waals surface area contributed by atoms with Crippen molar-refractivity contribution in [2.24, 2.45) is 0 Å². The molecule has 0 fully saturated rings. The number of hydrogen-bond donors (Lipinski definition) is 1. The number of benzene rings is 1. The molecule has 102 valence electrons. The van der Waals surface area contributed by atoms with Crippen LogP contribution in [0, 0.1) is 0 Å². The van der Waals surface area contributed by atoms with Crippen LogP contribution in [-0.4, -0.2) is 14.3 Å². The van der Waals surface area contributed by atoms with Gasteiger partial charge in [-0.25, -0.2) is 0 Å². The van der Waals surface area contributed by atoms with E-state index in [1.165, 1.54) is 0 Å². The molecule has 0 aliphatic carbocycles. The summed E-state index contributed by atoms with van der Waals surface area (Å²) < 4.78 is 15.0. The Bertz CT molecular complexity index is 565. The molecule has 2 unspecified atom stereocenters. The Morgan fingerprint density at radius 1 is 1.21 bits per heavy atom. The third kappa shape index (κ3) is 3.47. The molecule has 0 radical (unpaired) electrons. The van der Waals surface area contributed by atoms with E-state index in [0.29, 0.717) is 0 Å². The molecule has 0 amide bonds. The van der Waals surface area contributed by atoms with Gasteiger partial charge in [0.05, 0.1) is 6.04 Å². The van der Waals surface area contributed by atoms with Crippen LogP contribution in [0.4, 0.5) is 0 Å². The summed E-state index contributed by atoms with van der Waals surface area (Å²) in [4.78, 5) is 4.10. The third-order valence-corrected chi connectivity index (χ3v) is 4.68. The Hall–Kier alpha value is -1.10. The van der Waals surface area contributed by atoms with Crippen molar-refractivity contribution in [1.82, 2.24) is 9.71 Å². The minimum atomic E-state index is -1.06. The second kappa shape index (κ2) is 5.49. The SMILES string of the molecule is CC(N[S+]([O-])C(C)(C)C)c1ccc2cnccc2c1. The molecule has 0 saturated heterocycles. The fourth-order valence-electron chi connectivity index (χ4n) is 1.78. The van der Waals surface area contributed by atoms with Crippen molar-refractivity contribution in [2.45, 2.75) is 38.5 Å². The summed E-state index contributed by atoms with van der Waals surface area (Å²) in [5, 5.41) is 2.28. The molecular weight excluding hydrogens is 256 g/mol. The molecule has 2 atom stereocenters. The second-order valence-corrected chi connectivity index (χ2v) is 7.70. The number of aromatic nitrogens is 1. The van der Waals surface area contributed by atoms with Gasteiger partial charge in [0.1, 0.15) is 4.75 Å². The molecule has 1 aromatic carbocycles. The summed E-state index contributed by atoms with van der Waals surface area (Å²) in [5.41, 5.74) is 1.14. The predicted molar refractivity (Wildman–Crippen MR) is 81.2 cm³/mol. The molecule has 4 heteroatoms. The zero-order chi connectivity index (χ0) is 14.0. The first-order chi connectivity index (χ1) is 8.88. The molecule has 0 aliphatic rings. The first-order valence-corrected chi connectivity index (χ1v) is 7.54.